The highest BCUT2D eigenvalue weighted by atomic mass is 32.1. The summed E-state index contributed by atoms with van der Waals surface area (Å²) in [6, 6.07) is 2.22. The molecule has 1 saturated heterocycles. The first-order valence-electron chi connectivity index (χ1n) is 6.13. The van der Waals surface area contributed by atoms with Crippen molar-refractivity contribution in [3.63, 3.8) is 0 Å². The number of likely N-dealkylation sites (N-methyl/N-ethyl adjacent to an activating group) is 1. The Kier molecular flexibility index (Phi) is 4.04. The molecule has 0 amide bonds. The van der Waals surface area contributed by atoms with E-state index in [1.807, 2.05) is 6.92 Å². The molecule has 1 aliphatic rings. The first-order chi connectivity index (χ1) is 8.49. The van der Waals surface area contributed by atoms with Crippen molar-refractivity contribution in [3.05, 3.63) is 21.4 Å². The van der Waals surface area contributed by atoms with Crippen LogP contribution < -0.4 is 0 Å². The highest BCUT2D eigenvalue weighted by Crippen LogP contribution is 2.25. The van der Waals surface area contributed by atoms with Gasteiger partial charge in [0, 0.05) is 24.1 Å². The second kappa shape index (κ2) is 5.38. The summed E-state index contributed by atoms with van der Waals surface area (Å²) in [7, 11) is 2.08. The van der Waals surface area contributed by atoms with Crippen molar-refractivity contribution in [2.45, 2.75) is 39.0 Å². The van der Waals surface area contributed by atoms with E-state index in [2.05, 4.69) is 18.9 Å². The van der Waals surface area contributed by atoms with Crippen molar-refractivity contribution < 1.29 is 14.6 Å². The van der Waals surface area contributed by atoms with Crippen molar-refractivity contribution in [2.24, 2.45) is 0 Å². The number of rotatable bonds is 4. The number of carbonyl (C=O) groups is 1. The van der Waals surface area contributed by atoms with Crippen LogP contribution in [0.3, 0.4) is 0 Å². The standard InChI is InChI=1S/C13H19NO3S/c1-8-11(4-5-17-8)14(3)7-10-6-12(13(15)16)18-9(10)2/h6,8,11H,4-5,7H2,1-3H3,(H,15,16). The summed E-state index contributed by atoms with van der Waals surface area (Å²) >= 11 is 1.35. The van der Waals surface area contributed by atoms with Crippen LogP contribution in [0.4, 0.5) is 0 Å². The van der Waals surface area contributed by atoms with Gasteiger partial charge in [-0.15, -0.1) is 11.3 Å². The molecular weight excluding hydrogens is 250 g/mol. The van der Waals surface area contributed by atoms with Gasteiger partial charge in [-0.1, -0.05) is 0 Å². The van der Waals surface area contributed by atoms with E-state index in [9.17, 15) is 4.79 Å². The normalized spacial score (nSPS) is 23.8. The number of nitrogens with zero attached hydrogens (tertiary/aromatic N) is 1. The maximum absolute atomic E-state index is 10.9. The molecule has 0 spiro atoms. The van der Waals surface area contributed by atoms with Crippen LogP contribution in [0.25, 0.3) is 0 Å². The highest BCUT2D eigenvalue weighted by Gasteiger charge is 2.28. The van der Waals surface area contributed by atoms with Gasteiger partial charge in [0.05, 0.1) is 6.10 Å². The molecule has 1 aliphatic heterocycles. The van der Waals surface area contributed by atoms with Crippen LogP contribution >= 0.6 is 11.3 Å². The lowest BCUT2D eigenvalue weighted by atomic mass is 10.1. The third-order valence-corrected chi connectivity index (χ3v) is 4.63. The second-order valence-electron chi connectivity index (χ2n) is 4.84. The van der Waals surface area contributed by atoms with Gasteiger partial charge in [0.2, 0.25) is 0 Å². The summed E-state index contributed by atoms with van der Waals surface area (Å²) in [4.78, 5) is 14.7. The van der Waals surface area contributed by atoms with Gasteiger partial charge in [0.25, 0.3) is 0 Å². The van der Waals surface area contributed by atoms with Crippen LogP contribution in [0.1, 0.15) is 33.5 Å². The van der Waals surface area contributed by atoms with Gasteiger partial charge in [-0.05, 0) is 38.9 Å². The van der Waals surface area contributed by atoms with Gasteiger partial charge in [-0.25, -0.2) is 4.79 Å². The van der Waals surface area contributed by atoms with Crippen LogP contribution in [0.2, 0.25) is 0 Å². The van der Waals surface area contributed by atoms with Crippen LogP contribution in [-0.2, 0) is 11.3 Å². The van der Waals surface area contributed by atoms with E-state index in [0.29, 0.717) is 10.9 Å². The minimum absolute atomic E-state index is 0.257. The topological polar surface area (TPSA) is 49.8 Å². The van der Waals surface area contributed by atoms with Gasteiger partial charge >= 0.3 is 5.97 Å². The molecule has 0 saturated carbocycles. The molecule has 100 valence electrons. The number of hydrogen-bond donors (Lipinski definition) is 1. The Morgan fingerprint density at radius 1 is 1.67 bits per heavy atom. The number of thiophene rings is 1. The molecule has 0 radical (unpaired) electrons. The fourth-order valence-electron chi connectivity index (χ4n) is 2.47. The zero-order valence-electron chi connectivity index (χ0n) is 11.0. The van der Waals surface area contributed by atoms with Gasteiger partial charge in [-0.3, -0.25) is 4.90 Å². The minimum Gasteiger partial charge on any atom is -0.477 e. The third kappa shape index (κ3) is 2.74. The van der Waals surface area contributed by atoms with Crippen molar-refractivity contribution in [1.29, 1.82) is 0 Å². The quantitative estimate of drug-likeness (QED) is 0.911. The summed E-state index contributed by atoms with van der Waals surface area (Å²) in [5.74, 6) is -0.838. The Hall–Kier alpha value is -0.910. The van der Waals surface area contributed by atoms with E-state index in [1.165, 1.54) is 11.3 Å². The average molecular weight is 269 g/mol. The molecule has 0 aromatic carbocycles. The molecule has 5 heteroatoms. The first-order valence-corrected chi connectivity index (χ1v) is 6.95. The maximum atomic E-state index is 10.9. The molecule has 0 bridgehead atoms. The predicted octanol–water partition coefficient (Wildman–Crippen LogP) is 2.36. The summed E-state index contributed by atoms with van der Waals surface area (Å²) < 4.78 is 5.56. The molecule has 2 atom stereocenters. The first kappa shape index (κ1) is 13.5. The molecule has 1 fully saturated rings. The molecule has 2 unspecified atom stereocenters. The molecule has 1 aromatic rings. The number of aromatic carboxylic acids is 1. The fraction of sp³-hybridized carbons (Fsp3) is 0.615. The summed E-state index contributed by atoms with van der Waals surface area (Å²) in [6.45, 7) is 5.68. The maximum Gasteiger partial charge on any atom is 0.345 e. The lowest BCUT2D eigenvalue weighted by Crippen LogP contribution is -2.36. The lowest BCUT2D eigenvalue weighted by Gasteiger charge is -2.26. The highest BCUT2D eigenvalue weighted by molar-refractivity contribution is 7.14. The molecular formula is C13H19NO3S. The van der Waals surface area contributed by atoms with Crippen LogP contribution in [0, 0.1) is 6.92 Å². The van der Waals surface area contributed by atoms with E-state index in [4.69, 9.17) is 9.84 Å². The summed E-state index contributed by atoms with van der Waals surface area (Å²) in [5, 5.41) is 8.99. The zero-order chi connectivity index (χ0) is 13.3. The lowest BCUT2D eigenvalue weighted by molar-refractivity contribution is 0.0701. The average Bonchev–Trinajstić information content (AvgIpc) is 2.86. The molecule has 4 nitrogen and oxygen atoms in total. The number of aryl methyl sites for hydroxylation is 1. The fourth-order valence-corrected chi connectivity index (χ4v) is 3.34. The predicted molar refractivity (Wildman–Crippen MR) is 71.3 cm³/mol. The zero-order valence-corrected chi connectivity index (χ0v) is 11.8. The Bertz CT molecular complexity index is 443. The van der Waals surface area contributed by atoms with Gasteiger partial charge < -0.3 is 9.84 Å². The Labute approximate surface area is 111 Å². The van der Waals surface area contributed by atoms with Gasteiger partial charge in [0.15, 0.2) is 0 Å². The van der Waals surface area contributed by atoms with Crippen molar-refractivity contribution in [1.82, 2.24) is 4.90 Å². The SMILES string of the molecule is Cc1sc(C(=O)O)cc1CN(C)C1CCOC1C. The third-order valence-electron chi connectivity index (χ3n) is 3.55. The molecule has 1 N–H and O–H groups in total. The Morgan fingerprint density at radius 2 is 2.39 bits per heavy atom. The smallest absolute Gasteiger partial charge is 0.345 e. The largest absolute Gasteiger partial charge is 0.477 e. The monoisotopic (exact) mass is 269 g/mol. The van der Waals surface area contributed by atoms with E-state index >= 15 is 0 Å². The van der Waals surface area contributed by atoms with Crippen LogP contribution in [0.15, 0.2) is 6.07 Å². The molecule has 1 aromatic heterocycles. The van der Waals surface area contributed by atoms with Crippen molar-refractivity contribution in [3.8, 4) is 0 Å². The van der Waals surface area contributed by atoms with E-state index in [0.717, 1.165) is 30.0 Å². The van der Waals surface area contributed by atoms with Gasteiger partial charge in [0.1, 0.15) is 4.88 Å². The second-order valence-corrected chi connectivity index (χ2v) is 6.10. The van der Waals surface area contributed by atoms with E-state index in [-0.39, 0.29) is 6.10 Å². The molecule has 0 aliphatic carbocycles. The van der Waals surface area contributed by atoms with Gasteiger partial charge in [-0.2, -0.15) is 0 Å². The Balaban J connectivity index is 2.06. The molecule has 2 heterocycles. The molecule has 18 heavy (non-hydrogen) atoms. The molecule has 2 rings (SSSR count). The number of ether oxygens (including phenoxy) is 1. The number of carboxylic acid groups (broad SMARTS) is 1. The number of carboxylic acids is 1. The van der Waals surface area contributed by atoms with Crippen molar-refractivity contribution >= 4 is 17.3 Å². The number of hydrogen-bond acceptors (Lipinski definition) is 4. The Morgan fingerprint density at radius 3 is 2.89 bits per heavy atom. The summed E-state index contributed by atoms with van der Waals surface area (Å²) in [6.07, 6.45) is 1.31. The minimum atomic E-state index is -0.838. The van der Waals surface area contributed by atoms with Crippen LogP contribution in [-0.4, -0.2) is 41.8 Å². The van der Waals surface area contributed by atoms with E-state index in [1.54, 1.807) is 6.07 Å². The van der Waals surface area contributed by atoms with Crippen molar-refractivity contribution in [2.75, 3.05) is 13.7 Å². The summed E-state index contributed by atoms with van der Waals surface area (Å²) in [5.41, 5.74) is 1.11. The van der Waals surface area contributed by atoms with Crippen LogP contribution in [0.5, 0.6) is 0 Å². The van der Waals surface area contributed by atoms with E-state index < -0.39 is 5.97 Å².